The van der Waals surface area contributed by atoms with Gasteiger partial charge in [0, 0.05) is 23.7 Å². The quantitative estimate of drug-likeness (QED) is 0.0512. The smallest absolute Gasteiger partial charge is 0.311 e. The van der Waals surface area contributed by atoms with Crippen molar-refractivity contribution in [1.82, 2.24) is 0 Å². The van der Waals surface area contributed by atoms with Gasteiger partial charge in [0.1, 0.15) is 24.3 Å². The van der Waals surface area contributed by atoms with E-state index in [1.807, 2.05) is 125 Å². The summed E-state index contributed by atoms with van der Waals surface area (Å²) in [4.78, 5) is 47.2. The molecular formula is C46H88O14. The van der Waals surface area contributed by atoms with Crippen LogP contribution in [0.2, 0.25) is 0 Å². The van der Waals surface area contributed by atoms with Crippen molar-refractivity contribution in [3.8, 4) is 0 Å². The average Bonchev–Trinajstić information content (AvgIpc) is 3.12. The fraction of sp³-hybridized carbons (Fsp3) is 0.913. The minimum Gasteiger partial charge on any atom is -0.463 e. The molecule has 0 spiro atoms. The van der Waals surface area contributed by atoms with Gasteiger partial charge in [-0.25, -0.2) is 0 Å². The first-order valence-electron chi connectivity index (χ1n) is 21.7. The van der Waals surface area contributed by atoms with Gasteiger partial charge in [0.05, 0.1) is 114 Å². The molecule has 60 heavy (non-hydrogen) atoms. The van der Waals surface area contributed by atoms with E-state index in [2.05, 4.69) is 0 Å². The summed E-state index contributed by atoms with van der Waals surface area (Å²) >= 11 is 0. The number of hydrogen-bond donors (Lipinski definition) is 0. The summed E-state index contributed by atoms with van der Waals surface area (Å²) in [6.07, 6.45) is 0.0830. The summed E-state index contributed by atoms with van der Waals surface area (Å²) in [6, 6.07) is 0. The van der Waals surface area contributed by atoms with Crippen LogP contribution in [0, 0.1) is 21.7 Å². The van der Waals surface area contributed by atoms with Crippen molar-refractivity contribution < 1.29 is 66.5 Å². The van der Waals surface area contributed by atoms with Gasteiger partial charge in [-0.05, 0) is 83.1 Å². The predicted molar refractivity (Wildman–Crippen MR) is 233 cm³/mol. The SMILES string of the molecule is CC(COCCC(=O)C(C)(C)C)OCCOCC(C)OCCC(=O)C(C)(C)C.CC(COCCOC(=O)C(C)(C)C)OCC(C)OCC(C)OCC(C)OC(=O)C(C)(C)C. The van der Waals surface area contributed by atoms with E-state index in [4.69, 9.17) is 47.4 Å². The summed E-state index contributed by atoms with van der Waals surface area (Å²) in [5.74, 6) is -0.0798. The van der Waals surface area contributed by atoms with Gasteiger partial charge in [-0.2, -0.15) is 0 Å². The number of Topliss-reactive ketones (excluding diaryl/α,β-unsaturated/α-hetero) is 2. The van der Waals surface area contributed by atoms with Gasteiger partial charge in [0.2, 0.25) is 0 Å². The molecule has 0 heterocycles. The van der Waals surface area contributed by atoms with Crippen LogP contribution in [0.1, 0.15) is 137 Å². The fourth-order valence-electron chi connectivity index (χ4n) is 4.27. The van der Waals surface area contributed by atoms with E-state index in [9.17, 15) is 19.2 Å². The Bertz CT molecular complexity index is 1160. The monoisotopic (exact) mass is 865 g/mol. The molecule has 356 valence electrons. The largest absolute Gasteiger partial charge is 0.463 e. The Balaban J connectivity index is 0. The maximum Gasteiger partial charge on any atom is 0.311 e. The zero-order chi connectivity index (χ0) is 46.7. The van der Waals surface area contributed by atoms with Gasteiger partial charge < -0.3 is 47.4 Å². The molecule has 0 aromatic rings. The van der Waals surface area contributed by atoms with E-state index >= 15 is 0 Å². The molecule has 0 aromatic heterocycles. The number of carbonyl (C=O) groups excluding carboxylic acids is 4. The Morgan fingerprint density at radius 1 is 0.350 bits per heavy atom. The van der Waals surface area contributed by atoms with Gasteiger partial charge in [-0.3, -0.25) is 19.2 Å². The molecule has 6 atom stereocenters. The first kappa shape index (κ1) is 60.0. The first-order valence-corrected chi connectivity index (χ1v) is 21.7. The van der Waals surface area contributed by atoms with Gasteiger partial charge in [-0.15, -0.1) is 0 Å². The van der Waals surface area contributed by atoms with Crippen molar-refractivity contribution in [1.29, 1.82) is 0 Å². The Labute approximate surface area is 364 Å². The molecule has 0 bridgehead atoms. The molecule has 0 aliphatic carbocycles. The summed E-state index contributed by atoms with van der Waals surface area (Å²) in [5.41, 5.74) is -1.67. The molecule has 14 heteroatoms. The van der Waals surface area contributed by atoms with E-state index in [1.165, 1.54) is 0 Å². The third kappa shape index (κ3) is 34.5. The molecule has 0 saturated heterocycles. The van der Waals surface area contributed by atoms with E-state index < -0.39 is 10.8 Å². The molecule has 0 aromatic carbocycles. The summed E-state index contributed by atoms with van der Waals surface area (Å²) in [6.45, 7) is 38.7. The highest BCUT2D eigenvalue weighted by molar-refractivity contribution is 5.84. The van der Waals surface area contributed by atoms with Crippen molar-refractivity contribution in [3.63, 3.8) is 0 Å². The summed E-state index contributed by atoms with van der Waals surface area (Å²) in [7, 11) is 0. The topological polar surface area (TPSA) is 161 Å². The van der Waals surface area contributed by atoms with Crippen LogP contribution in [0.25, 0.3) is 0 Å². The number of hydrogen-bond acceptors (Lipinski definition) is 14. The fourth-order valence-corrected chi connectivity index (χ4v) is 4.27. The average molecular weight is 865 g/mol. The van der Waals surface area contributed by atoms with Gasteiger partial charge in [0.15, 0.2) is 0 Å². The minimum absolute atomic E-state index is 0.0505. The van der Waals surface area contributed by atoms with E-state index in [-0.39, 0.29) is 77.6 Å². The van der Waals surface area contributed by atoms with Crippen LogP contribution in [0.3, 0.4) is 0 Å². The van der Waals surface area contributed by atoms with Crippen molar-refractivity contribution in [3.05, 3.63) is 0 Å². The highest BCUT2D eigenvalue weighted by Crippen LogP contribution is 2.19. The van der Waals surface area contributed by atoms with Crippen LogP contribution < -0.4 is 0 Å². The molecule has 0 N–H and O–H groups in total. The molecule has 6 unspecified atom stereocenters. The van der Waals surface area contributed by atoms with Crippen LogP contribution in [-0.4, -0.2) is 139 Å². The van der Waals surface area contributed by atoms with Crippen molar-refractivity contribution in [2.24, 2.45) is 21.7 Å². The molecule has 14 nitrogen and oxygen atoms in total. The van der Waals surface area contributed by atoms with E-state index in [1.54, 1.807) is 0 Å². The molecule has 0 radical (unpaired) electrons. The third-order valence-electron chi connectivity index (χ3n) is 8.41. The van der Waals surface area contributed by atoms with Crippen LogP contribution in [-0.2, 0) is 66.5 Å². The third-order valence-corrected chi connectivity index (χ3v) is 8.41. The lowest BCUT2D eigenvalue weighted by Crippen LogP contribution is -2.31. The van der Waals surface area contributed by atoms with Crippen molar-refractivity contribution >= 4 is 23.5 Å². The maximum absolute atomic E-state index is 11.9. The predicted octanol–water partition coefficient (Wildman–Crippen LogP) is 7.63. The zero-order valence-electron chi connectivity index (χ0n) is 41.1. The second kappa shape index (κ2) is 30.9. The lowest BCUT2D eigenvalue weighted by Gasteiger charge is -2.23. The van der Waals surface area contributed by atoms with Crippen LogP contribution in [0.15, 0.2) is 0 Å². The van der Waals surface area contributed by atoms with Gasteiger partial charge in [-0.1, -0.05) is 41.5 Å². The number of ketones is 2. The second-order valence-electron chi connectivity index (χ2n) is 19.7. The second-order valence-corrected chi connectivity index (χ2v) is 19.7. The number of ether oxygens (including phenoxy) is 10. The molecule has 0 rings (SSSR count). The number of carbonyl (C=O) groups is 4. The Hall–Kier alpha value is -2.04. The molecule has 0 amide bonds. The van der Waals surface area contributed by atoms with Crippen molar-refractivity contribution in [2.75, 3.05) is 79.3 Å². The van der Waals surface area contributed by atoms with Gasteiger partial charge >= 0.3 is 11.9 Å². The maximum atomic E-state index is 11.9. The van der Waals surface area contributed by atoms with Crippen LogP contribution in [0.4, 0.5) is 0 Å². The van der Waals surface area contributed by atoms with E-state index in [0.29, 0.717) is 85.5 Å². The molecule has 0 saturated carbocycles. The lowest BCUT2D eigenvalue weighted by molar-refractivity contribution is -0.162. The minimum atomic E-state index is -0.528. The Kier molecular flexibility index (Phi) is 30.9. The molecular weight excluding hydrogens is 776 g/mol. The first-order chi connectivity index (χ1) is 27.5. The molecule has 0 aliphatic heterocycles. The highest BCUT2D eigenvalue weighted by atomic mass is 16.6. The van der Waals surface area contributed by atoms with Crippen LogP contribution in [0.5, 0.6) is 0 Å². The number of esters is 2. The molecule has 0 fully saturated rings. The Morgan fingerprint density at radius 2 is 0.683 bits per heavy atom. The van der Waals surface area contributed by atoms with Gasteiger partial charge in [0.25, 0.3) is 0 Å². The van der Waals surface area contributed by atoms with E-state index in [0.717, 1.165) is 0 Å². The standard InChI is InChI=1S/C24H46O8.C22H42O6/c1-17(13-27-11-12-28-21(25)23(5,6)7)29-14-18(2)30-15-19(3)31-16-20(4)32-22(26)24(8,9)10;1-17(27-12-10-20(24)22(6,7)8)16-26-13-14-28-18(2)15-25-11-9-19(23)21(3,4)5/h17-20H,11-16H2,1-10H3;17-18H,9-16H2,1-8H3. The van der Waals surface area contributed by atoms with Crippen molar-refractivity contribution in [2.45, 2.75) is 174 Å². The summed E-state index contributed by atoms with van der Waals surface area (Å²) in [5, 5.41) is 0. The Morgan fingerprint density at radius 3 is 1.10 bits per heavy atom. The zero-order valence-corrected chi connectivity index (χ0v) is 41.1. The number of rotatable bonds is 30. The lowest BCUT2D eigenvalue weighted by atomic mass is 9.89. The summed E-state index contributed by atoms with van der Waals surface area (Å²) < 4.78 is 55.5. The molecule has 0 aliphatic rings. The highest BCUT2D eigenvalue weighted by Gasteiger charge is 2.26. The normalized spacial score (nSPS) is 15.5. The van der Waals surface area contributed by atoms with Crippen LogP contribution >= 0.6 is 0 Å².